The Hall–Kier alpha value is -4.18. The van der Waals surface area contributed by atoms with E-state index in [1.807, 2.05) is 0 Å². The van der Waals surface area contributed by atoms with Crippen molar-refractivity contribution in [3.05, 3.63) is 94.7 Å². The number of nitrogens with one attached hydrogen (secondary N) is 3. The maximum absolute atomic E-state index is 12.7. The molecule has 3 N–H and O–H groups in total. The molecule has 0 bridgehead atoms. The Morgan fingerprint density at radius 3 is 2.42 bits per heavy atom. The number of nitro groups is 1. The zero-order valence-electron chi connectivity index (χ0n) is 15.9. The highest BCUT2D eigenvalue weighted by Gasteiger charge is 2.17. The molecule has 0 saturated carbocycles. The number of hydrogen-bond acceptors (Lipinski definition) is 5. The van der Waals surface area contributed by atoms with Gasteiger partial charge < -0.3 is 10.3 Å². The third-order valence-corrected chi connectivity index (χ3v) is 5.94. The summed E-state index contributed by atoms with van der Waals surface area (Å²) < 4.78 is 27.5. The number of nitrogens with zero attached hydrogens (tertiary/aromatic N) is 1. The molecule has 4 aromatic rings. The molecular weight excluding hydrogens is 420 g/mol. The van der Waals surface area contributed by atoms with Crippen LogP contribution in [0.15, 0.2) is 83.9 Å². The Labute approximate surface area is 176 Å². The van der Waals surface area contributed by atoms with E-state index in [1.165, 1.54) is 42.6 Å². The Kier molecular flexibility index (Phi) is 5.14. The predicted octanol–water partition coefficient (Wildman–Crippen LogP) is 4.13. The van der Waals surface area contributed by atoms with Gasteiger partial charge in [-0.25, -0.2) is 8.42 Å². The summed E-state index contributed by atoms with van der Waals surface area (Å²) in [6, 6.07) is 18.4. The van der Waals surface area contributed by atoms with Crippen molar-refractivity contribution in [1.29, 1.82) is 0 Å². The van der Waals surface area contributed by atoms with Crippen LogP contribution in [0.4, 0.5) is 17.1 Å². The van der Waals surface area contributed by atoms with Crippen LogP contribution in [0.3, 0.4) is 0 Å². The lowest BCUT2D eigenvalue weighted by atomic mass is 10.1. The van der Waals surface area contributed by atoms with E-state index in [9.17, 15) is 23.3 Å². The second kappa shape index (κ2) is 7.92. The van der Waals surface area contributed by atoms with Gasteiger partial charge in [-0.2, -0.15) is 0 Å². The van der Waals surface area contributed by atoms with Crippen LogP contribution in [-0.4, -0.2) is 24.2 Å². The molecule has 0 saturated heterocycles. The topological polar surface area (TPSA) is 134 Å². The van der Waals surface area contributed by atoms with Gasteiger partial charge in [0, 0.05) is 34.9 Å². The van der Waals surface area contributed by atoms with Gasteiger partial charge in [-0.05, 0) is 36.4 Å². The molecule has 0 aliphatic heterocycles. The quantitative estimate of drug-likeness (QED) is 0.309. The zero-order valence-corrected chi connectivity index (χ0v) is 16.7. The van der Waals surface area contributed by atoms with Crippen LogP contribution in [0.5, 0.6) is 0 Å². The van der Waals surface area contributed by atoms with E-state index < -0.39 is 20.9 Å². The van der Waals surface area contributed by atoms with E-state index in [-0.39, 0.29) is 21.8 Å². The molecule has 156 valence electrons. The number of benzene rings is 3. The van der Waals surface area contributed by atoms with E-state index in [0.29, 0.717) is 16.6 Å². The number of nitro benzene ring substituents is 1. The lowest BCUT2D eigenvalue weighted by Crippen LogP contribution is -2.14. The fourth-order valence-electron chi connectivity index (χ4n) is 3.08. The second-order valence-electron chi connectivity index (χ2n) is 6.64. The fraction of sp³-hybridized carbons (Fsp3) is 0. The molecule has 0 aliphatic carbocycles. The SMILES string of the molecule is O=C(Nc1cccc(NS(=O)(=O)c2ccccc2)c1)c1c[nH]c2ccc([N+](=O)[O-])cc12. The van der Waals surface area contributed by atoms with Crippen LogP contribution >= 0.6 is 0 Å². The number of aromatic amines is 1. The smallest absolute Gasteiger partial charge is 0.270 e. The average molecular weight is 436 g/mol. The Balaban J connectivity index is 1.57. The van der Waals surface area contributed by atoms with Crippen molar-refractivity contribution in [3.63, 3.8) is 0 Å². The van der Waals surface area contributed by atoms with Crippen molar-refractivity contribution in [2.24, 2.45) is 0 Å². The number of anilines is 2. The Morgan fingerprint density at radius 2 is 1.68 bits per heavy atom. The average Bonchev–Trinajstić information content (AvgIpc) is 3.18. The van der Waals surface area contributed by atoms with Crippen molar-refractivity contribution in [2.75, 3.05) is 10.0 Å². The minimum Gasteiger partial charge on any atom is -0.360 e. The van der Waals surface area contributed by atoms with Gasteiger partial charge >= 0.3 is 0 Å². The summed E-state index contributed by atoms with van der Waals surface area (Å²) in [7, 11) is -3.78. The van der Waals surface area contributed by atoms with Crippen molar-refractivity contribution < 1.29 is 18.1 Å². The van der Waals surface area contributed by atoms with E-state index in [0.717, 1.165) is 0 Å². The molecule has 10 heteroatoms. The third-order valence-electron chi connectivity index (χ3n) is 4.55. The lowest BCUT2D eigenvalue weighted by molar-refractivity contribution is -0.384. The number of hydrogen-bond donors (Lipinski definition) is 3. The maximum atomic E-state index is 12.7. The highest BCUT2D eigenvalue weighted by Crippen LogP contribution is 2.25. The Bertz CT molecular complexity index is 1400. The van der Waals surface area contributed by atoms with Gasteiger partial charge in [0.1, 0.15) is 0 Å². The molecule has 0 atom stereocenters. The first-order valence-electron chi connectivity index (χ1n) is 9.08. The van der Waals surface area contributed by atoms with E-state index >= 15 is 0 Å². The minimum absolute atomic E-state index is 0.116. The number of carbonyl (C=O) groups excluding carboxylic acids is 1. The van der Waals surface area contributed by atoms with Crippen molar-refractivity contribution in [1.82, 2.24) is 4.98 Å². The number of rotatable bonds is 6. The molecule has 0 unspecified atom stereocenters. The minimum atomic E-state index is -3.78. The monoisotopic (exact) mass is 436 g/mol. The summed E-state index contributed by atoms with van der Waals surface area (Å²) in [6.45, 7) is 0. The molecule has 0 spiro atoms. The molecule has 0 radical (unpaired) electrons. The molecule has 4 rings (SSSR count). The van der Waals surface area contributed by atoms with Gasteiger partial charge in [0.25, 0.3) is 21.6 Å². The first-order chi connectivity index (χ1) is 14.8. The van der Waals surface area contributed by atoms with Crippen LogP contribution in [-0.2, 0) is 10.0 Å². The number of fused-ring (bicyclic) bond motifs is 1. The molecule has 31 heavy (non-hydrogen) atoms. The second-order valence-corrected chi connectivity index (χ2v) is 8.33. The summed E-state index contributed by atoms with van der Waals surface area (Å²) in [6.07, 6.45) is 1.46. The van der Waals surface area contributed by atoms with Gasteiger partial charge in [-0.1, -0.05) is 24.3 Å². The van der Waals surface area contributed by atoms with Crippen LogP contribution in [0, 0.1) is 10.1 Å². The third kappa shape index (κ3) is 4.23. The van der Waals surface area contributed by atoms with E-state index in [4.69, 9.17) is 0 Å². The first kappa shape index (κ1) is 20.1. The van der Waals surface area contributed by atoms with Gasteiger partial charge in [0.05, 0.1) is 21.1 Å². The van der Waals surface area contributed by atoms with Crippen molar-refractivity contribution >= 4 is 43.9 Å². The molecule has 1 aromatic heterocycles. The largest absolute Gasteiger partial charge is 0.360 e. The summed E-state index contributed by atoms with van der Waals surface area (Å²) in [5.41, 5.74) is 1.32. The van der Waals surface area contributed by atoms with E-state index in [1.54, 1.807) is 36.4 Å². The van der Waals surface area contributed by atoms with Crippen LogP contribution in [0.2, 0.25) is 0 Å². The normalized spacial score (nSPS) is 11.2. The summed E-state index contributed by atoms with van der Waals surface area (Å²) in [4.78, 5) is 26.3. The number of carbonyl (C=O) groups is 1. The standard InChI is InChI=1S/C21H16N4O5S/c26-21(19-13-22-20-10-9-16(25(27)28)12-18(19)20)23-14-5-4-6-15(11-14)24-31(29,30)17-7-2-1-3-8-17/h1-13,22,24H,(H,23,26). The highest BCUT2D eigenvalue weighted by atomic mass is 32.2. The zero-order chi connectivity index (χ0) is 22.0. The van der Waals surface area contributed by atoms with Crippen molar-refractivity contribution in [2.45, 2.75) is 4.90 Å². The van der Waals surface area contributed by atoms with Crippen LogP contribution < -0.4 is 10.0 Å². The van der Waals surface area contributed by atoms with E-state index in [2.05, 4.69) is 15.0 Å². The summed E-state index contributed by atoms with van der Waals surface area (Å²) in [5, 5.41) is 14.1. The number of H-pyrrole nitrogens is 1. The summed E-state index contributed by atoms with van der Waals surface area (Å²) in [5.74, 6) is -0.491. The molecule has 1 heterocycles. The predicted molar refractivity (Wildman–Crippen MR) is 117 cm³/mol. The summed E-state index contributed by atoms with van der Waals surface area (Å²) >= 11 is 0. The number of amides is 1. The molecular formula is C21H16N4O5S. The van der Waals surface area contributed by atoms with Gasteiger partial charge in [-0.3, -0.25) is 19.6 Å². The first-order valence-corrected chi connectivity index (χ1v) is 10.6. The fourth-order valence-corrected chi connectivity index (χ4v) is 4.15. The molecule has 1 amide bonds. The molecule has 0 fully saturated rings. The number of aromatic nitrogens is 1. The number of sulfonamides is 1. The van der Waals surface area contributed by atoms with Crippen LogP contribution in [0.1, 0.15) is 10.4 Å². The molecule has 3 aromatic carbocycles. The van der Waals surface area contributed by atoms with Gasteiger partial charge in [-0.15, -0.1) is 0 Å². The lowest BCUT2D eigenvalue weighted by Gasteiger charge is -2.10. The van der Waals surface area contributed by atoms with Gasteiger partial charge in [0.15, 0.2) is 0 Å². The van der Waals surface area contributed by atoms with Crippen LogP contribution in [0.25, 0.3) is 10.9 Å². The maximum Gasteiger partial charge on any atom is 0.270 e. The van der Waals surface area contributed by atoms with Gasteiger partial charge in [0.2, 0.25) is 0 Å². The Morgan fingerprint density at radius 1 is 0.935 bits per heavy atom. The highest BCUT2D eigenvalue weighted by molar-refractivity contribution is 7.92. The molecule has 0 aliphatic rings. The van der Waals surface area contributed by atoms with Crippen molar-refractivity contribution in [3.8, 4) is 0 Å². The molecule has 9 nitrogen and oxygen atoms in total. The number of non-ortho nitro benzene ring substituents is 1.